The van der Waals surface area contributed by atoms with E-state index < -0.39 is 27.2 Å². The molecule has 5 rings (SSSR count). The minimum Gasteiger partial charge on any atom is -0.506 e. The maximum atomic E-state index is 12.9. The largest absolute Gasteiger partial charge is 0.506 e. The second-order valence-electron chi connectivity index (χ2n) is 8.24. The molecule has 0 atom stereocenters. The number of sulfonamides is 1. The molecular weight excluding hydrogens is 564 g/mol. The molecule has 0 aliphatic heterocycles. The Bertz CT molecular complexity index is 1830. The Morgan fingerprint density at radius 2 is 1.82 bits per heavy atom. The number of phenols is 1. The number of carbonyl (C=O) groups is 1. The number of benzene rings is 2. The molecule has 5 aromatic rings. The Hall–Kier alpha value is -5.09. The minimum atomic E-state index is -4.16. The van der Waals surface area contributed by atoms with Crippen LogP contribution in [0.2, 0.25) is 5.02 Å². The van der Waals surface area contributed by atoms with Crippen LogP contribution in [0.1, 0.15) is 10.4 Å². The van der Waals surface area contributed by atoms with Crippen LogP contribution in [-0.2, 0) is 10.0 Å². The Labute approximate surface area is 231 Å². The average Bonchev–Trinajstić information content (AvgIpc) is 3.58. The van der Waals surface area contributed by atoms with Crippen LogP contribution in [-0.4, -0.2) is 57.1 Å². The van der Waals surface area contributed by atoms with E-state index in [1.165, 1.54) is 10.8 Å². The highest BCUT2D eigenvalue weighted by molar-refractivity contribution is 7.92. The zero-order valence-corrected chi connectivity index (χ0v) is 21.9. The van der Waals surface area contributed by atoms with E-state index >= 15 is 0 Å². The van der Waals surface area contributed by atoms with Gasteiger partial charge in [0.05, 0.1) is 27.4 Å². The van der Waals surface area contributed by atoms with Crippen LogP contribution in [0.3, 0.4) is 0 Å². The van der Waals surface area contributed by atoms with Gasteiger partial charge < -0.3 is 31.6 Å². The van der Waals surface area contributed by atoms with Gasteiger partial charge in [-0.25, -0.2) is 8.42 Å². The monoisotopic (exact) mass is 584 g/mol. The Morgan fingerprint density at radius 1 is 1.05 bits per heavy atom. The number of furan rings is 1. The summed E-state index contributed by atoms with van der Waals surface area (Å²) in [5, 5.41) is 20.0. The third-order valence-corrected chi connectivity index (χ3v) is 7.09. The number of rotatable bonds is 10. The fourth-order valence-corrected chi connectivity index (χ4v) is 4.98. The molecule has 8 N–H and O–H groups in total. The zero-order valence-electron chi connectivity index (χ0n) is 20.4. The highest BCUT2D eigenvalue weighted by Crippen LogP contribution is 2.31. The number of aromatic nitrogens is 5. The van der Waals surface area contributed by atoms with Crippen molar-refractivity contribution in [3.63, 3.8) is 0 Å². The lowest BCUT2D eigenvalue weighted by molar-refractivity contribution is 0.0997. The van der Waals surface area contributed by atoms with Crippen LogP contribution in [0.4, 0.5) is 23.3 Å². The van der Waals surface area contributed by atoms with E-state index in [9.17, 15) is 18.3 Å². The molecule has 0 aliphatic carbocycles. The Kier molecular flexibility index (Phi) is 7.02. The number of hydrogen-bond donors (Lipinski definition) is 6. The smallest absolute Gasteiger partial charge is 0.261 e. The molecule has 0 unspecified atom stereocenters. The number of fused-ring (bicyclic) bond motifs is 1. The number of amides is 1. The molecule has 15 nitrogen and oxygen atoms in total. The van der Waals surface area contributed by atoms with Crippen molar-refractivity contribution < 1.29 is 22.7 Å². The van der Waals surface area contributed by atoms with Gasteiger partial charge in [-0.05, 0) is 42.5 Å². The number of aromatic hydroxyl groups is 1. The third-order valence-electron chi connectivity index (χ3n) is 5.44. The van der Waals surface area contributed by atoms with Crippen molar-refractivity contribution in [3.05, 3.63) is 65.4 Å². The lowest BCUT2D eigenvalue weighted by Gasteiger charge is -2.13. The molecule has 0 radical (unpaired) electrons. The second kappa shape index (κ2) is 10.6. The second-order valence-corrected chi connectivity index (χ2v) is 10.3. The zero-order chi connectivity index (χ0) is 28.4. The van der Waals surface area contributed by atoms with Gasteiger partial charge in [-0.2, -0.15) is 19.5 Å². The first-order valence-electron chi connectivity index (χ1n) is 11.5. The number of hydrogen-bond acceptors (Lipinski definition) is 12. The van der Waals surface area contributed by atoms with Crippen LogP contribution in [0.15, 0.2) is 64.1 Å². The first-order chi connectivity index (χ1) is 19.1. The molecule has 0 fully saturated rings. The molecule has 3 heterocycles. The average molecular weight is 585 g/mol. The summed E-state index contributed by atoms with van der Waals surface area (Å²) in [6.07, 6.45) is 1.51. The molecule has 40 heavy (non-hydrogen) atoms. The molecule has 3 aromatic heterocycles. The van der Waals surface area contributed by atoms with Gasteiger partial charge in [0.15, 0.2) is 5.76 Å². The topological polar surface area (TPSA) is 229 Å². The van der Waals surface area contributed by atoms with Gasteiger partial charge in [0.25, 0.3) is 21.7 Å². The molecule has 206 valence electrons. The van der Waals surface area contributed by atoms with Gasteiger partial charge in [-0.15, -0.1) is 5.10 Å². The standard InChI is InChI=1S/C23H21ClN10O5S/c24-16-11-14(10-15(18(16)35)19(25)36)40(37,38)33-13-4-1-3-12(9-13)27-6-7-28-22-30-21(26)34-23(31-22)29-20(32-34)17-5-2-8-39-17/h1-5,8-11,27,33,35H,6-7H2,(H2,25,36)(H3,26,28,29,30,31,32). The fourth-order valence-electron chi connectivity index (χ4n) is 3.60. The number of nitrogens with zero attached hydrogens (tertiary/aromatic N) is 5. The summed E-state index contributed by atoms with van der Waals surface area (Å²) < 4.78 is 34.8. The minimum absolute atomic E-state index is 0.0867. The predicted octanol–water partition coefficient (Wildman–Crippen LogP) is 2.14. The number of nitrogen functional groups attached to an aromatic ring is 1. The molecule has 0 aliphatic rings. The van der Waals surface area contributed by atoms with Crippen molar-refractivity contribution in [2.75, 3.05) is 34.2 Å². The number of nitrogens with one attached hydrogen (secondary N) is 3. The quantitative estimate of drug-likeness (QED) is 0.130. The lowest BCUT2D eigenvalue weighted by atomic mass is 10.2. The van der Waals surface area contributed by atoms with Crippen LogP contribution < -0.4 is 26.8 Å². The number of primary amides is 1. The number of nitrogens with two attached hydrogens (primary N) is 2. The van der Waals surface area contributed by atoms with Gasteiger partial charge in [0, 0.05) is 18.8 Å². The van der Waals surface area contributed by atoms with E-state index in [2.05, 4.69) is 35.4 Å². The maximum Gasteiger partial charge on any atom is 0.261 e. The Balaban J connectivity index is 1.22. The molecular formula is C23H21ClN10O5S. The number of carbonyl (C=O) groups excluding carboxylic acids is 1. The molecule has 17 heteroatoms. The Morgan fingerprint density at radius 3 is 2.58 bits per heavy atom. The van der Waals surface area contributed by atoms with Gasteiger partial charge in [0.2, 0.25) is 17.7 Å². The first kappa shape index (κ1) is 26.5. The number of anilines is 4. The molecule has 0 saturated carbocycles. The summed E-state index contributed by atoms with van der Waals surface area (Å²) in [6.45, 7) is 0.789. The highest BCUT2D eigenvalue weighted by Gasteiger charge is 2.21. The molecule has 1 amide bonds. The van der Waals surface area contributed by atoms with Crippen LogP contribution in [0.25, 0.3) is 17.4 Å². The van der Waals surface area contributed by atoms with Crippen molar-refractivity contribution in [1.82, 2.24) is 24.6 Å². The van der Waals surface area contributed by atoms with Crippen molar-refractivity contribution in [2.24, 2.45) is 5.73 Å². The first-order valence-corrected chi connectivity index (χ1v) is 13.3. The van der Waals surface area contributed by atoms with Crippen LogP contribution >= 0.6 is 11.6 Å². The number of halogens is 1. The fraction of sp³-hybridized carbons (Fsp3) is 0.0870. The van der Waals surface area contributed by atoms with Crippen molar-refractivity contribution in [2.45, 2.75) is 4.90 Å². The van der Waals surface area contributed by atoms with Gasteiger partial charge in [0.1, 0.15) is 5.75 Å². The lowest BCUT2D eigenvalue weighted by Crippen LogP contribution is -2.17. The third kappa shape index (κ3) is 5.52. The van der Waals surface area contributed by atoms with Crippen molar-refractivity contribution >= 4 is 56.6 Å². The van der Waals surface area contributed by atoms with Crippen molar-refractivity contribution in [1.29, 1.82) is 0 Å². The van der Waals surface area contributed by atoms with Crippen LogP contribution in [0.5, 0.6) is 5.75 Å². The van der Waals surface area contributed by atoms with E-state index in [-0.39, 0.29) is 33.3 Å². The molecule has 0 saturated heterocycles. The van der Waals surface area contributed by atoms with E-state index in [1.807, 2.05) is 0 Å². The molecule has 0 spiro atoms. The summed E-state index contributed by atoms with van der Waals surface area (Å²) in [5.41, 5.74) is 11.6. The van der Waals surface area contributed by atoms with Crippen molar-refractivity contribution in [3.8, 4) is 17.3 Å². The van der Waals surface area contributed by atoms with E-state index in [1.54, 1.807) is 36.4 Å². The van der Waals surface area contributed by atoms with E-state index in [0.29, 0.717) is 30.4 Å². The van der Waals surface area contributed by atoms with Gasteiger partial charge in [-0.1, -0.05) is 17.7 Å². The summed E-state index contributed by atoms with van der Waals surface area (Å²) >= 11 is 5.88. The highest BCUT2D eigenvalue weighted by atomic mass is 35.5. The SMILES string of the molecule is NC(=O)c1cc(S(=O)(=O)Nc2cccc(NCCNc3nc(N)n4nc(-c5ccco5)nc4n3)c2)cc(Cl)c1O. The maximum absolute atomic E-state index is 12.9. The molecule has 0 bridgehead atoms. The van der Waals surface area contributed by atoms with E-state index in [4.69, 9.17) is 27.5 Å². The van der Waals surface area contributed by atoms with Gasteiger partial charge in [-0.3, -0.25) is 9.52 Å². The molecule has 2 aromatic carbocycles. The normalized spacial score (nSPS) is 11.4. The van der Waals surface area contributed by atoms with E-state index in [0.717, 1.165) is 12.1 Å². The predicted molar refractivity (Wildman–Crippen MR) is 147 cm³/mol. The summed E-state index contributed by atoms with van der Waals surface area (Å²) in [7, 11) is -4.16. The summed E-state index contributed by atoms with van der Waals surface area (Å²) in [6, 6.07) is 11.9. The van der Waals surface area contributed by atoms with Crippen LogP contribution in [0, 0.1) is 0 Å². The summed E-state index contributed by atoms with van der Waals surface area (Å²) in [5.74, 6) is -0.256. The summed E-state index contributed by atoms with van der Waals surface area (Å²) in [4.78, 5) is 24.0. The van der Waals surface area contributed by atoms with Gasteiger partial charge >= 0.3 is 0 Å².